The lowest BCUT2D eigenvalue weighted by molar-refractivity contribution is 0.278. The van der Waals surface area contributed by atoms with Crippen molar-refractivity contribution in [3.63, 3.8) is 0 Å². The van der Waals surface area contributed by atoms with E-state index >= 15 is 0 Å². The second-order valence-electron chi connectivity index (χ2n) is 3.86. The second-order valence-corrected chi connectivity index (χ2v) is 4.65. The highest BCUT2D eigenvalue weighted by Gasteiger charge is 2.22. The molecule has 0 aliphatic heterocycles. The van der Waals surface area contributed by atoms with Crippen LogP contribution in [0.1, 0.15) is 42.3 Å². The molecule has 0 aromatic carbocycles. The van der Waals surface area contributed by atoms with E-state index in [2.05, 4.69) is 9.59 Å². The van der Waals surface area contributed by atoms with Gasteiger partial charge in [-0.15, -0.1) is 5.10 Å². The summed E-state index contributed by atoms with van der Waals surface area (Å²) in [4.78, 5) is 1.17. The highest BCUT2D eigenvalue weighted by atomic mass is 32.1. The lowest BCUT2D eigenvalue weighted by Gasteiger charge is -2.27. The van der Waals surface area contributed by atoms with E-state index in [4.69, 9.17) is 5.73 Å². The molecule has 1 aromatic heterocycles. The van der Waals surface area contributed by atoms with Crippen molar-refractivity contribution in [1.29, 1.82) is 0 Å². The summed E-state index contributed by atoms with van der Waals surface area (Å²) in [5.41, 5.74) is 7.09. The van der Waals surface area contributed by atoms with Gasteiger partial charge in [0.05, 0.1) is 10.6 Å². The first-order valence-corrected chi connectivity index (χ1v) is 5.59. The zero-order chi connectivity index (χ0) is 9.26. The van der Waals surface area contributed by atoms with Gasteiger partial charge in [0.25, 0.3) is 0 Å². The fourth-order valence-corrected chi connectivity index (χ4v) is 2.43. The molecule has 1 aliphatic rings. The third-order valence-corrected chi connectivity index (χ3v) is 3.79. The Labute approximate surface area is 82.5 Å². The zero-order valence-corrected chi connectivity index (χ0v) is 8.68. The lowest BCUT2D eigenvalue weighted by Crippen LogP contribution is -2.19. The Morgan fingerprint density at radius 1 is 1.62 bits per heavy atom. The molecule has 1 heterocycles. The number of nitrogens with zero attached hydrogens (tertiary/aromatic N) is 2. The Kier molecular flexibility index (Phi) is 2.60. The molecular weight excluding hydrogens is 182 g/mol. The Hall–Kier alpha value is -0.480. The van der Waals surface area contributed by atoms with Crippen LogP contribution in [0.25, 0.3) is 0 Å². The minimum atomic E-state index is 0.172. The molecule has 3 nitrogen and oxygen atoms in total. The van der Waals surface area contributed by atoms with Crippen LogP contribution in [0.15, 0.2) is 0 Å². The first kappa shape index (κ1) is 9.09. The minimum absolute atomic E-state index is 0.172. The van der Waals surface area contributed by atoms with E-state index in [1.165, 1.54) is 35.7 Å². The van der Waals surface area contributed by atoms with Crippen LogP contribution in [-0.2, 0) is 0 Å². The predicted octanol–water partition coefficient (Wildman–Crippen LogP) is 2.04. The van der Waals surface area contributed by atoms with Gasteiger partial charge in [-0.1, -0.05) is 23.8 Å². The molecule has 1 unspecified atom stereocenters. The Morgan fingerprint density at radius 2 is 2.38 bits per heavy atom. The van der Waals surface area contributed by atoms with Crippen molar-refractivity contribution in [3.05, 3.63) is 10.6 Å². The summed E-state index contributed by atoms with van der Waals surface area (Å²) in [6.45, 7) is 1.99. The summed E-state index contributed by atoms with van der Waals surface area (Å²) >= 11 is 1.45. The summed E-state index contributed by atoms with van der Waals surface area (Å²) in [5, 5.41) is 3.98. The van der Waals surface area contributed by atoms with Crippen molar-refractivity contribution in [1.82, 2.24) is 9.59 Å². The van der Waals surface area contributed by atoms with Crippen LogP contribution < -0.4 is 5.73 Å². The van der Waals surface area contributed by atoms with Gasteiger partial charge in [-0.25, -0.2) is 0 Å². The molecule has 1 saturated carbocycles. The van der Waals surface area contributed by atoms with E-state index < -0.39 is 0 Å². The number of hydrogen-bond acceptors (Lipinski definition) is 4. The van der Waals surface area contributed by atoms with E-state index in [1.54, 1.807) is 0 Å². The number of nitrogens with two attached hydrogens (primary N) is 1. The van der Waals surface area contributed by atoms with Crippen LogP contribution >= 0.6 is 11.5 Å². The standard InChI is InChI=1S/C9H15N3S/c1-6-9(13-12-11-6)8(10)5-7-3-2-4-7/h7-8H,2-5,10H2,1H3. The van der Waals surface area contributed by atoms with Crippen LogP contribution in [0, 0.1) is 12.8 Å². The van der Waals surface area contributed by atoms with E-state index in [0.717, 1.165) is 18.0 Å². The maximum atomic E-state index is 6.08. The number of aryl methyl sites for hydroxylation is 1. The summed E-state index contributed by atoms with van der Waals surface area (Å²) in [7, 11) is 0. The van der Waals surface area contributed by atoms with Crippen LogP contribution in [0.5, 0.6) is 0 Å². The Morgan fingerprint density at radius 3 is 2.85 bits per heavy atom. The summed E-state index contributed by atoms with van der Waals surface area (Å²) in [6, 6.07) is 0.172. The first-order chi connectivity index (χ1) is 6.27. The van der Waals surface area contributed by atoms with Gasteiger partial charge in [0.1, 0.15) is 0 Å². The molecule has 0 saturated heterocycles. The minimum Gasteiger partial charge on any atom is -0.323 e. The fraction of sp³-hybridized carbons (Fsp3) is 0.778. The fourth-order valence-electron chi connectivity index (χ4n) is 1.77. The highest BCUT2D eigenvalue weighted by molar-refractivity contribution is 7.05. The highest BCUT2D eigenvalue weighted by Crippen LogP contribution is 2.34. The van der Waals surface area contributed by atoms with Gasteiger partial charge < -0.3 is 5.73 Å². The number of hydrogen-bond donors (Lipinski definition) is 1. The third-order valence-electron chi connectivity index (χ3n) is 2.84. The van der Waals surface area contributed by atoms with Crippen LogP contribution in [0.3, 0.4) is 0 Å². The number of rotatable bonds is 3. The van der Waals surface area contributed by atoms with Crippen LogP contribution in [-0.4, -0.2) is 9.59 Å². The van der Waals surface area contributed by atoms with Crippen molar-refractivity contribution >= 4 is 11.5 Å². The summed E-state index contributed by atoms with van der Waals surface area (Å²) < 4.78 is 3.91. The van der Waals surface area contributed by atoms with Gasteiger partial charge in [0, 0.05) is 6.04 Å². The van der Waals surface area contributed by atoms with Crippen molar-refractivity contribution in [2.45, 2.75) is 38.6 Å². The molecule has 0 radical (unpaired) electrons. The third kappa shape index (κ3) is 1.89. The maximum absolute atomic E-state index is 6.08. The smallest absolute Gasteiger partial charge is 0.0772 e. The predicted molar refractivity (Wildman–Crippen MR) is 53.5 cm³/mol. The molecule has 72 valence electrons. The molecule has 2 rings (SSSR count). The number of aromatic nitrogens is 2. The monoisotopic (exact) mass is 197 g/mol. The van der Waals surface area contributed by atoms with Gasteiger partial charge in [0.15, 0.2) is 0 Å². The average molecular weight is 197 g/mol. The summed E-state index contributed by atoms with van der Waals surface area (Å²) in [5.74, 6) is 0.858. The molecule has 0 amide bonds. The van der Waals surface area contributed by atoms with Crippen molar-refractivity contribution in [2.75, 3.05) is 0 Å². The van der Waals surface area contributed by atoms with Gasteiger partial charge >= 0.3 is 0 Å². The van der Waals surface area contributed by atoms with E-state index in [1.807, 2.05) is 6.92 Å². The Balaban J connectivity index is 1.96. The zero-order valence-electron chi connectivity index (χ0n) is 7.86. The van der Waals surface area contributed by atoms with Crippen molar-refractivity contribution in [2.24, 2.45) is 11.7 Å². The molecule has 2 N–H and O–H groups in total. The van der Waals surface area contributed by atoms with Crippen molar-refractivity contribution in [3.8, 4) is 0 Å². The largest absolute Gasteiger partial charge is 0.323 e. The molecule has 13 heavy (non-hydrogen) atoms. The normalized spacial score (nSPS) is 19.8. The topological polar surface area (TPSA) is 51.8 Å². The SMILES string of the molecule is Cc1nnsc1C(N)CC1CCC1. The van der Waals surface area contributed by atoms with Gasteiger partial charge in [0.2, 0.25) is 0 Å². The first-order valence-electron chi connectivity index (χ1n) is 4.82. The van der Waals surface area contributed by atoms with Crippen molar-refractivity contribution < 1.29 is 0 Å². The van der Waals surface area contributed by atoms with Crippen LogP contribution in [0.4, 0.5) is 0 Å². The van der Waals surface area contributed by atoms with Gasteiger partial charge in [-0.3, -0.25) is 0 Å². The Bertz CT molecular complexity index is 280. The van der Waals surface area contributed by atoms with E-state index in [9.17, 15) is 0 Å². The molecule has 1 fully saturated rings. The van der Waals surface area contributed by atoms with Gasteiger partial charge in [-0.05, 0) is 30.8 Å². The van der Waals surface area contributed by atoms with E-state index in [0.29, 0.717) is 0 Å². The quantitative estimate of drug-likeness (QED) is 0.806. The molecule has 0 bridgehead atoms. The average Bonchev–Trinajstić information content (AvgIpc) is 2.43. The van der Waals surface area contributed by atoms with E-state index in [-0.39, 0.29) is 6.04 Å². The molecule has 0 spiro atoms. The maximum Gasteiger partial charge on any atom is 0.0772 e. The molecule has 1 atom stereocenters. The summed E-state index contributed by atoms with van der Waals surface area (Å²) in [6.07, 6.45) is 5.22. The molecule has 1 aromatic rings. The van der Waals surface area contributed by atoms with Gasteiger partial charge in [-0.2, -0.15) is 0 Å². The molecule has 4 heteroatoms. The molecule has 1 aliphatic carbocycles. The second kappa shape index (κ2) is 3.72. The lowest BCUT2D eigenvalue weighted by atomic mass is 9.81. The molecular formula is C9H15N3S. The van der Waals surface area contributed by atoms with Crippen LogP contribution in [0.2, 0.25) is 0 Å².